The Hall–Kier alpha value is -2.89. The third-order valence-electron chi connectivity index (χ3n) is 6.98. The lowest BCUT2D eigenvalue weighted by Gasteiger charge is -2.27. The van der Waals surface area contributed by atoms with E-state index < -0.39 is 21.4 Å². The van der Waals surface area contributed by atoms with Crippen molar-refractivity contribution in [3.05, 3.63) is 70.8 Å². The van der Waals surface area contributed by atoms with Crippen LogP contribution in [0.25, 0.3) is 5.57 Å². The number of carbonyl (C=O) groups excluding carboxylic acids is 1. The highest BCUT2D eigenvalue weighted by molar-refractivity contribution is 7.88. The summed E-state index contributed by atoms with van der Waals surface area (Å²) < 4.78 is 65.9. The smallest absolute Gasteiger partial charge is 0.376 e. The Labute approximate surface area is 235 Å². The number of nitrogens with zero attached hydrogens (tertiary/aromatic N) is 2. The fourth-order valence-corrected chi connectivity index (χ4v) is 5.14. The highest BCUT2D eigenvalue weighted by Crippen LogP contribution is 2.35. The minimum absolute atomic E-state index is 0.0807. The second-order valence-electron chi connectivity index (χ2n) is 9.80. The summed E-state index contributed by atoms with van der Waals surface area (Å²) in [5, 5.41) is 3.22. The van der Waals surface area contributed by atoms with E-state index in [4.69, 9.17) is 0 Å². The molecule has 0 spiro atoms. The van der Waals surface area contributed by atoms with Gasteiger partial charge in [0, 0.05) is 31.7 Å². The van der Waals surface area contributed by atoms with Gasteiger partial charge in [0.1, 0.15) is 5.75 Å². The lowest BCUT2D eigenvalue weighted by Crippen LogP contribution is -2.30. The first-order valence-corrected chi connectivity index (χ1v) is 15.0. The molecule has 0 saturated carbocycles. The van der Waals surface area contributed by atoms with E-state index in [1.807, 2.05) is 33.0 Å². The maximum Gasteiger partial charge on any atom is 0.534 e. The van der Waals surface area contributed by atoms with E-state index in [9.17, 15) is 26.4 Å². The van der Waals surface area contributed by atoms with Gasteiger partial charge >= 0.3 is 15.6 Å². The number of alkyl halides is 3. The largest absolute Gasteiger partial charge is 0.534 e. The number of benzene rings is 2. The predicted octanol–water partition coefficient (Wildman–Crippen LogP) is 5.29. The fourth-order valence-electron chi connectivity index (χ4n) is 4.69. The van der Waals surface area contributed by atoms with Gasteiger partial charge in [0.15, 0.2) is 0 Å². The van der Waals surface area contributed by atoms with Gasteiger partial charge in [-0.05, 0) is 101 Å². The highest BCUT2D eigenvalue weighted by atomic mass is 32.2. The molecule has 11 heteroatoms. The number of nitrogens with one attached hydrogen (secondary N) is 1. The van der Waals surface area contributed by atoms with E-state index in [1.54, 1.807) is 23.1 Å². The number of hydrogen-bond donors (Lipinski definition) is 1. The van der Waals surface area contributed by atoms with Crippen LogP contribution >= 0.6 is 0 Å². The Balaban J connectivity index is 0.000000792. The summed E-state index contributed by atoms with van der Waals surface area (Å²) in [5.74, 6) is -0.498. The van der Waals surface area contributed by atoms with Crippen molar-refractivity contribution >= 4 is 21.6 Å². The molecule has 0 unspecified atom stereocenters. The van der Waals surface area contributed by atoms with Gasteiger partial charge in [0.25, 0.3) is 5.91 Å². The Morgan fingerprint density at radius 1 is 0.950 bits per heavy atom. The summed E-state index contributed by atoms with van der Waals surface area (Å²) in [5.41, 5.74) is -1.75. The summed E-state index contributed by atoms with van der Waals surface area (Å²) in [6, 6.07) is 12.8. The molecule has 4 rings (SSSR count). The van der Waals surface area contributed by atoms with Crippen molar-refractivity contribution in [3.63, 3.8) is 0 Å². The van der Waals surface area contributed by atoms with Gasteiger partial charge in [-0.25, -0.2) is 0 Å². The average Bonchev–Trinajstić information content (AvgIpc) is 3.51. The normalized spacial score (nSPS) is 16.2. The number of halogens is 3. The van der Waals surface area contributed by atoms with Crippen molar-refractivity contribution in [2.24, 2.45) is 0 Å². The fraction of sp³-hybridized carbons (Fsp3) is 0.483. The molecular formula is C29H38F3N3O4S. The van der Waals surface area contributed by atoms with Gasteiger partial charge in [-0.1, -0.05) is 29.8 Å². The minimum Gasteiger partial charge on any atom is -0.376 e. The Morgan fingerprint density at radius 2 is 1.52 bits per heavy atom. The average molecular weight is 582 g/mol. The van der Waals surface area contributed by atoms with Gasteiger partial charge in [0.05, 0.1) is 0 Å². The van der Waals surface area contributed by atoms with Crippen molar-refractivity contribution in [1.29, 1.82) is 0 Å². The molecule has 40 heavy (non-hydrogen) atoms. The summed E-state index contributed by atoms with van der Waals surface area (Å²) in [4.78, 5) is 16.6. The van der Waals surface area contributed by atoms with E-state index in [1.165, 1.54) is 44.1 Å². The zero-order valence-electron chi connectivity index (χ0n) is 23.3. The zero-order chi connectivity index (χ0) is 29.3. The van der Waals surface area contributed by atoms with Crippen LogP contribution in [-0.2, 0) is 10.1 Å². The van der Waals surface area contributed by atoms with Gasteiger partial charge in [0.2, 0.25) is 0 Å². The molecule has 7 nitrogen and oxygen atoms in total. The van der Waals surface area contributed by atoms with Crippen LogP contribution in [0.3, 0.4) is 0 Å². The van der Waals surface area contributed by atoms with Crippen LogP contribution < -0.4 is 9.50 Å². The molecule has 0 radical (unpaired) electrons. The van der Waals surface area contributed by atoms with Crippen molar-refractivity contribution < 1.29 is 30.6 Å². The zero-order valence-corrected chi connectivity index (χ0v) is 24.1. The van der Waals surface area contributed by atoms with Crippen LogP contribution in [0.1, 0.15) is 61.0 Å². The van der Waals surface area contributed by atoms with Crippen LogP contribution in [-0.4, -0.2) is 75.9 Å². The van der Waals surface area contributed by atoms with Crippen LogP contribution in [0.15, 0.2) is 54.1 Å². The van der Waals surface area contributed by atoms with E-state index in [0.29, 0.717) is 24.2 Å². The van der Waals surface area contributed by atoms with Gasteiger partial charge in [-0.15, -0.1) is 0 Å². The van der Waals surface area contributed by atoms with Crippen molar-refractivity contribution in [2.45, 2.75) is 45.0 Å². The molecule has 2 aliphatic rings. The topological polar surface area (TPSA) is 79.0 Å². The standard InChI is InChI=1S/C25H29F3N2O4S.C4H9N/c1-4-30(5-2)24(31)20-11-9-18(10-12-20)23(19-13-15-29(3)16-14-19)21-7-6-8-22(17-21)34-35(32,33)25(26,27)28;1-2-4-5-3-1/h6-12,17H,4-5,13-16H2,1-3H3;5H,1-4H2. The molecule has 2 heterocycles. The predicted molar refractivity (Wildman–Crippen MR) is 151 cm³/mol. The molecular weight excluding hydrogens is 543 g/mol. The number of hydrogen-bond acceptors (Lipinski definition) is 6. The third-order valence-corrected chi connectivity index (χ3v) is 7.96. The molecule has 0 atom stereocenters. The van der Waals surface area contributed by atoms with Crippen LogP contribution in [0, 0.1) is 0 Å². The summed E-state index contributed by atoms with van der Waals surface area (Å²) in [7, 11) is -3.77. The van der Waals surface area contributed by atoms with E-state index >= 15 is 0 Å². The maximum atomic E-state index is 12.8. The van der Waals surface area contributed by atoms with Crippen molar-refractivity contribution in [3.8, 4) is 5.75 Å². The molecule has 1 amide bonds. The van der Waals surface area contributed by atoms with Gasteiger partial charge in [-0.2, -0.15) is 21.6 Å². The molecule has 2 aromatic rings. The van der Waals surface area contributed by atoms with Crippen molar-refractivity contribution in [2.75, 3.05) is 46.3 Å². The lowest BCUT2D eigenvalue weighted by atomic mass is 9.88. The molecule has 220 valence electrons. The third kappa shape index (κ3) is 8.31. The Bertz CT molecular complexity index is 1250. The molecule has 1 N–H and O–H groups in total. The molecule has 2 saturated heterocycles. The molecule has 2 aliphatic heterocycles. The number of amides is 1. The van der Waals surface area contributed by atoms with Gasteiger partial charge < -0.3 is 19.3 Å². The molecule has 0 aliphatic carbocycles. The van der Waals surface area contributed by atoms with Crippen LogP contribution in [0.2, 0.25) is 0 Å². The Kier molecular flexibility index (Phi) is 11.2. The Morgan fingerprint density at radius 3 is 2.02 bits per heavy atom. The lowest BCUT2D eigenvalue weighted by molar-refractivity contribution is -0.0500. The van der Waals surface area contributed by atoms with Gasteiger partial charge in [-0.3, -0.25) is 4.79 Å². The molecule has 0 bridgehead atoms. The monoisotopic (exact) mass is 581 g/mol. The summed E-state index contributed by atoms with van der Waals surface area (Å²) in [6.45, 7) is 9.13. The number of likely N-dealkylation sites (tertiary alicyclic amines) is 1. The maximum absolute atomic E-state index is 12.8. The second kappa shape index (κ2) is 14.1. The molecule has 2 fully saturated rings. The molecule has 2 aromatic carbocycles. The number of rotatable bonds is 7. The van der Waals surface area contributed by atoms with Crippen LogP contribution in [0.5, 0.6) is 5.75 Å². The number of piperidine rings is 1. The van der Waals surface area contributed by atoms with Crippen LogP contribution in [0.4, 0.5) is 13.2 Å². The van der Waals surface area contributed by atoms with Crippen molar-refractivity contribution in [1.82, 2.24) is 15.1 Å². The second-order valence-corrected chi connectivity index (χ2v) is 11.3. The first kappa shape index (κ1) is 31.6. The summed E-state index contributed by atoms with van der Waals surface area (Å²) in [6.07, 6.45) is 4.27. The van der Waals surface area contributed by atoms with E-state index in [0.717, 1.165) is 42.6 Å². The van der Waals surface area contributed by atoms with E-state index in [2.05, 4.69) is 14.4 Å². The quantitative estimate of drug-likeness (QED) is 0.354. The SMILES string of the molecule is C1CCNC1.CCN(CC)C(=O)c1ccc(C(=C2CCN(C)CC2)c2cccc(OS(=O)(=O)C(F)(F)F)c2)cc1. The molecule has 0 aromatic heterocycles. The highest BCUT2D eigenvalue weighted by Gasteiger charge is 2.48. The first-order valence-electron chi connectivity index (χ1n) is 13.6. The summed E-state index contributed by atoms with van der Waals surface area (Å²) >= 11 is 0. The number of carbonyl (C=O) groups is 1. The van der Waals surface area contributed by atoms with E-state index in [-0.39, 0.29) is 5.91 Å². The first-order chi connectivity index (χ1) is 19.0. The minimum atomic E-state index is -5.78.